The molecule has 1 N–H and O–H groups in total. The molecule has 1 aromatic carbocycles. The third-order valence-corrected chi connectivity index (χ3v) is 3.87. The minimum absolute atomic E-state index is 0.155. The van der Waals surface area contributed by atoms with Crippen molar-refractivity contribution in [3.8, 4) is 0 Å². The van der Waals surface area contributed by atoms with Gasteiger partial charge in [-0.25, -0.2) is 4.79 Å². The summed E-state index contributed by atoms with van der Waals surface area (Å²) in [6.07, 6.45) is 0. The first-order valence-electron chi connectivity index (χ1n) is 6.73. The number of aromatic amines is 1. The fourth-order valence-electron chi connectivity index (χ4n) is 1.95. The predicted octanol–water partition coefficient (Wildman–Crippen LogP) is 3.00. The van der Waals surface area contributed by atoms with E-state index in [2.05, 4.69) is 4.98 Å². The lowest BCUT2D eigenvalue weighted by molar-refractivity contribution is -0.139. The number of nitrogens with one attached hydrogen (secondary N) is 1. The molecule has 0 amide bonds. The largest absolute Gasteiger partial charge is 0.465 e. The van der Waals surface area contributed by atoms with E-state index in [0.717, 1.165) is 15.8 Å². The van der Waals surface area contributed by atoms with Gasteiger partial charge in [0.05, 0.1) is 19.0 Å². The maximum Gasteiger partial charge on any atom is 0.355 e. The average molecular weight is 307 g/mol. The van der Waals surface area contributed by atoms with E-state index in [0.29, 0.717) is 18.9 Å². The molecular formula is C15H17NO4S. The van der Waals surface area contributed by atoms with Crippen molar-refractivity contribution in [3.63, 3.8) is 0 Å². The summed E-state index contributed by atoms with van der Waals surface area (Å²) in [7, 11) is 0. The summed E-state index contributed by atoms with van der Waals surface area (Å²) in [6, 6.07) is 7.56. The molecule has 0 fully saturated rings. The molecule has 1 aromatic heterocycles. The highest BCUT2D eigenvalue weighted by Crippen LogP contribution is 2.32. The van der Waals surface area contributed by atoms with Gasteiger partial charge in [-0.1, -0.05) is 18.2 Å². The second-order valence-electron chi connectivity index (χ2n) is 4.19. The number of esters is 2. The molecular weight excluding hydrogens is 290 g/mol. The molecule has 0 spiro atoms. The molecule has 2 aromatic rings. The molecule has 1 heterocycles. The standard InChI is InChI=1S/C15H17NO4S/c1-3-19-12(17)9-21-14-10-7-5-6-8-11(10)16-13(14)15(18)20-4-2/h5-8,16H,3-4,9H2,1-2H3. The number of hydrogen-bond donors (Lipinski definition) is 1. The minimum Gasteiger partial charge on any atom is -0.465 e. The SMILES string of the molecule is CCOC(=O)CSc1c(C(=O)OCC)[nH]c2ccccc12. The smallest absolute Gasteiger partial charge is 0.355 e. The van der Waals surface area contributed by atoms with Crippen molar-refractivity contribution in [1.29, 1.82) is 0 Å². The number of thioether (sulfide) groups is 1. The number of hydrogen-bond acceptors (Lipinski definition) is 5. The monoisotopic (exact) mass is 307 g/mol. The molecule has 0 bridgehead atoms. The molecule has 21 heavy (non-hydrogen) atoms. The van der Waals surface area contributed by atoms with Gasteiger partial charge in [-0.2, -0.15) is 0 Å². The number of carbonyl (C=O) groups is 2. The third-order valence-electron chi connectivity index (χ3n) is 2.78. The zero-order valence-electron chi connectivity index (χ0n) is 12.0. The van der Waals surface area contributed by atoms with Crippen molar-refractivity contribution in [2.75, 3.05) is 19.0 Å². The van der Waals surface area contributed by atoms with E-state index in [1.54, 1.807) is 13.8 Å². The second-order valence-corrected chi connectivity index (χ2v) is 5.17. The molecule has 0 unspecified atom stereocenters. The minimum atomic E-state index is -0.417. The van der Waals surface area contributed by atoms with Crippen LogP contribution in [-0.2, 0) is 14.3 Å². The quantitative estimate of drug-likeness (QED) is 0.656. The number of carbonyl (C=O) groups excluding carboxylic acids is 2. The predicted molar refractivity (Wildman–Crippen MR) is 81.6 cm³/mol. The zero-order valence-corrected chi connectivity index (χ0v) is 12.8. The van der Waals surface area contributed by atoms with Gasteiger partial charge in [0.25, 0.3) is 0 Å². The van der Waals surface area contributed by atoms with Gasteiger partial charge in [0.1, 0.15) is 5.69 Å². The average Bonchev–Trinajstić information content (AvgIpc) is 2.84. The van der Waals surface area contributed by atoms with E-state index in [4.69, 9.17) is 9.47 Å². The summed E-state index contributed by atoms with van der Waals surface area (Å²) in [5.41, 5.74) is 1.22. The first-order chi connectivity index (χ1) is 10.2. The number of ether oxygens (including phenoxy) is 2. The summed E-state index contributed by atoms with van der Waals surface area (Å²) in [5, 5.41) is 0.898. The van der Waals surface area contributed by atoms with E-state index < -0.39 is 5.97 Å². The molecule has 0 radical (unpaired) electrons. The molecule has 2 rings (SSSR count). The van der Waals surface area contributed by atoms with E-state index in [-0.39, 0.29) is 11.7 Å². The van der Waals surface area contributed by atoms with Crippen LogP contribution in [0.5, 0.6) is 0 Å². The molecule has 0 saturated carbocycles. The summed E-state index contributed by atoms with van der Waals surface area (Å²) in [4.78, 5) is 27.3. The Labute approximate surface area is 127 Å². The van der Waals surface area contributed by atoms with E-state index in [1.165, 1.54) is 11.8 Å². The molecule has 6 heteroatoms. The Morgan fingerprint density at radius 2 is 1.86 bits per heavy atom. The molecule has 0 aliphatic heterocycles. The van der Waals surface area contributed by atoms with Gasteiger partial charge in [-0.3, -0.25) is 4.79 Å². The Morgan fingerprint density at radius 1 is 1.14 bits per heavy atom. The summed E-state index contributed by atoms with van der Waals surface area (Å²) < 4.78 is 9.97. The maximum atomic E-state index is 12.0. The summed E-state index contributed by atoms with van der Waals surface area (Å²) in [5.74, 6) is -0.565. The zero-order chi connectivity index (χ0) is 15.2. The Hall–Kier alpha value is -1.95. The van der Waals surface area contributed by atoms with Crippen LogP contribution in [-0.4, -0.2) is 35.9 Å². The highest BCUT2D eigenvalue weighted by molar-refractivity contribution is 8.00. The number of aromatic nitrogens is 1. The summed E-state index contributed by atoms with van der Waals surface area (Å²) >= 11 is 1.28. The van der Waals surface area contributed by atoms with E-state index in [9.17, 15) is 9.59 Å². The molecule has 5 nitrogen and oxygen atoms in total. The van der Waals surface area contributed by atoms with Crippen LogP contribution >= 0.6 is 11.8 Å². The Kier molecular flexibility index (Phi) is 5.27. The number of fused-ring (bicyclic) bond motifs is 1. The number of para-hydroxylation sites is 1. The van der Waals surface area contributed by atoms with Crippen molar-refractivity contribution in [2.45, 2.75) is 18.7 Å². The van der Waals surface area contributed by atoms with E-state index in [1.807, 2.05) is 24.3 Å². The van der Waals surface area contributed by atoms with Gasteiger partial charge in [-0.15, -0.1) is 11.8 Å². The normalized spacial score (nSPS) is 10.6. The van der Waals surface area contributed by atoms with Gasteiger partial charge >= 0.3 is 11.9 Å². The Morgan fingerprint density at radius 3 is 2.57 bits per heavy atom. The van der Waals surface area contributed by atoms with Gasteiger partial charge in [-0.05, 0) is 19.9 Å². The first kappa shape index (κ1) is 15.4. The lowest BCUT2D eigenvalue weighted by Crippen LogP contribution is -2.09. The van der Waals surface area contributed by atoms with Crippen molar-refractivity contribution in [1.82, 2.24) is 4.98 Å². The second kappa shape index (κ2) is 7.17. The molecule has 0 atom stereocenters. The van der Waals surface area contributed by atoms with E-state index >= 15 is 0 Å². The van der Waals surface area contributed by atoms with Crippen LogP contribution < -0.4 is 0 Å². The third kappa shape index (κ3) is 3.58. The lowest BCUT2D eigenvalue weighted by atomic mass is 10.2. The van der Waals surface area contributed by atoms with Gasteiger partial charge in [0.2, 0.25) is 0 Å². The molecule has 0 aliphatic rings. The van der Waals surface area contributed by atoms with Crippen LogP contribution in [0.3, 0.4) is 0 Å². The van der Waals surface area contributed by atoms with Crippen LogP contribution in [0.25, 0.3) is 10.9 Å². The highest BCUT2D eigenvalue weighted by Gasteiger charge is 2.20. The maximum absolute atomic E-state index is 12.0. The highest BCUT2D eigenvalue weighted by atomic mass is 32.2. The topological polar surface area (TPSA) is 68.4 Å². The lowest BCUT2D eigenvalue weighted by Gasteiger charge is -2.04. The van der Waals surface area contributed by atoms with Crippen LogP contribution in [0.15, 0.2) is 29.2 Å². The Balaban J connectivity index is 2.31. The molecule has 0 aliphatic carbocycles. The first-order valence-corrected chi connectivity index (χ1v) is 7.72. The number of H-pyrrole nitrogens is 1. The fraction of sp³-hybridized carbons (Fsp3) is 0.333. The molecule has 112 valence electrons. The van der Waals surface area contributed by atoms with Gasteiger partial charge < -0.3 is 14.5 Å². The van der Waals surface area contributed by atoms with Gasteiger partial charge in [0.15, 0.2) is 0 Å². The van der Waals surface area contributed by atoms with Crippen molar-refractivity contribution in [2.24, 2.45) is 0 Å². The number of rotatable bonds is 6. The van der Waals surface area contributed by atoms with Crippen LogP contribution in [0.1, 0.15) is 24.3 Å². The van der Waals surface area contributed by atoms with Crippen LogP contribution in [0.2, 0.25) is 0 Å². The van der Waals surface area contributed by atoms with Crippen LogP contribution in [0.4, 0.5) is 0 Å². The summed E-state index contributed by atoms with van der Waals surface area (Å²) in [6.45, 7) is 4.17. The van der Waals surface area contributed by atoms with Crippen LogP contribution in [0, 0.1) is 0 Å². The Bertz CT molecular complexity index is 650. The number of benzene rings is 1. The van der Waals surface area contributed by atoms with Gasteiger partial charge in [0, 0.05) is 15.8 Å². The van der Waals surface area contributed by atoms with Crippen molar-refractivity contribution >= 4 is 34.6 Å². The fourth-order valence-corrected chi connectivity index (χ4v) is 2.90. The van der Waals surface area contributed by atoms with Crippen molar-refractivity contribution < 1.29 is 19.1 Å². The van der Waals surface area contributed by atoms with Crippen molar-refractivity contribution in [3.05, 3.63) is 30.0 Å². The molecule has 0 saturated heterocycles.